The molecule has 3 unspecified atom stereocenters. The van der Waals surface area contributed by atoms with Gasteiger partial charge in [-0.15, -0.1) is 0 Å². The third-order valence-corrected chi connectivity index (χ3v) is 3.45. The van der Waals surface area contributed by atoms with E-state index in [9.17, 15) is 4.79 Å². The largest absolute Gasteiger partial charge is 0.383 e. The Morgan fingerprint density at radius 3 is 3.11 bits per heavy atom. The second-order valence-corrected chi connectivity index (χ2v) is 4.80. The van der Waals surface area contributed by atoms with Crippen molar-refractivity contribution in [1.29, 1.82) is 0 Å². The van der Waals surface area contributed by atoms with Crippen LogP contribution < -0.4 is 5.32 Å². The predicted molar refractivity (Wildman–Crippen MR) is 69.2 cm³/mol. The number of ether oxygens (including phenoxy) is 1. The van der Waals surface area contributed by atoms with Crippen molar-refractivity contribution in [3.63, 3.8) is 0 Å². The summed E-state index contributed by atoms with van der Waals surface area (Å²) in [5.41, 5.74) is 1.16. The van der Waals surface area contributed by atoms with E-state index in [-0.39, 0.29) is 17.9 Å². The number of aromatic nitrogens is 1. The minimum absolute atomic E-state index is 0.111. The van der Waals surface area contributed by atoms with Gasteiger partial charge in [-0.1, -0.05) is 13.0 Å². The second-order valence-electron chi connectivity index (χ2n) is 4.80. The number of rotatable bonds is 6. The molecule has 0 spiro atoms. The summed E-state index contributed by atoms with van der Waals surface area (Å²) < 4.78 is 5.08. The average molecular weight is 248 g/mol. The highest BCUT2D eigenvalue weighted by atomic mass is 16.5. The molecule has 1 aromatic heterocycles. The molecule has 3 atom stereocenters. The monoisotopic (exact) mass is 248 g/mol. The van der Waals surface area contributed by atoms with Gasteiger partial charge in [0.05, 0.1) is 12.6 Å². The summed E-state index contributed by atoms with van der Waals surface area (Å²) in [6.07, 6.45) is 5.43. The highest BCUT2D eigenvalue weighted by molar-refractivity contribution is 5.83. The van der Waals surface area contributed by atoms with Gasteiger partial charge < -0.3 is 10.1 Å². The molecule has 1 heterocycles. The van der Waals surface area contributed by atoms with E-state index in [2.05, 4.69) is 17.2 Å². The van der Waals surface area contributed by atoms with Gasteiger partial charge in [-0.3, -0.25) is 9.78 Å². The SMILES string of the molecule is CCC(COC)NC(=O)C1CC1c1cccnc1. The molecule has 1 amide bonds. The summed E-state index contributed by atoms with van der Waals surface area (Å²) in [5, 5.41) is 3.04. The van der Waals surface area contributed by atoms with Crippen molar-refractivity contribution in [3.05, 3.63) is 30.1 Å². The molecule has 98 valence electrons. The zero-order chi connectivity index (χ0) is 13.0. The van der Waals surface area contributed by atoms with E-state index in [0.29, 0.717) is 12.5 Å². The predicted octanol–water partition coefficient (Wildman–Crippen LogP) is 1.73. The molecule has 0 saturated heterocycles. The lowest BCUT2D eigenvalue weighted by Gasteiger charge is -2.15. The Hall–Kier alpha value is -1.42. The zero-order valence-corrected chi connectivity index (χ0v) is 10.9. The highest BCUT2D eigenvalue weighted by Crippen LogP contribution is 2.47. The molecule has 0 radical (unpaired) electrons. The average Bonchev–Trinajstić information content (AvgIpc) is 3.19. The van der Waals surface area contributed by atoms with Crippen molar-refractivity contribution < 1.29 is 9.53 Å². The molecule has 4 heteroatoms. The summed E-state index contributed by atoms with van der Waals surface area (Å²) in [7, 11) is 1.66. The number of hydrogen-bond donors (Lipinski definition) is 1. The fourth-order valence-corrected chi connectivity index (χ4v) is 2.22. The van der Waals surface area contributed by atoms with E-state index in [1.54, 1.807) is 13.3 Å². The maximum Gasteiger partial charge on any atom is 0.224 e. The van der Waals surface area contributed by atoms with Crippen molar-refractivity contribution in [2.24, 2.45) is 5.92 Å². The number of carbonyl (C=O) groups excluding carboxylic acids is 1. The van der Waals surface area contributed by atoms with E-state index >= 15 is 0 Å². The topological polar surface area (TPSA) is 51.2 Å². The molecule has 1 saturated carbocycles. The molecule has 18 heavy (non-hydrogen) atoms. The van der Waals surface area contributed by atoms with Crippen molar-refractivity contribution in [1.82, 2.24) is 10.3 Å². The first kappa shape index (κ1) is 13.0. The van der Waals surface area contributed by atoms with Gasteiger partial charge in [-0.2, -0.15) is 0 Å². The van der Waals surface area contributed by atoms with Crippen molar-refractivity contribution in [2.45, 2.75) is 31.7 Å². The normalized spacial score (nSPS) is 23.4. The lowest BCUT2D eigenvalue weighted by atomic mass is 10.1. The minimum atomic E-state index is 0.111. The number of amides is 1. The van der Waals surface area contributed by atoms with Crippen LogP contribution in [0.5, 0.6) is 0 Å². The van der Waals surface area contributed by atoms with Crippen LogP contribution in [0.3, 0.4) is 0 Å². The van der Waals surface area contributed by atoms with Crippen LogP contribution >= 0.6 is 0 Å². The first-order valence-corrected chi connectivity index (χ1v) is 6.45. The number of methoxy groups -OCH3 is 1. The number of nitrogens with zero attached hydrogens (tertiary/aromatic N) is 1. The van der Waals surface area contributed by atoms with Gasteiger partial charge in [0.1, 0.15) is 0 Å². The maximum absolute atomic E-state index is 12.0. The summed E-state index contributed by atoms with van der Waals surface area (Å²) in [6.45, 7) is 2.63. The molecule has 2 rings (SSSR count). The zero-order valence-electron chi connectivity index (χ0n) is 10.9. The van der Waals surface area contributed by atoms with E-state index < -0.39 is 0 Å². The fourth-order valence-electron chi connectivity index (χ4n) is 2.22. The Morgan fingerprint density at radius 2 is 2.50 bits per heavy atom. The Morgan fingerprint density at radius 1 is 1.67 bits per heavy atom. The van der Waals surface area contributed by atoms with Crippen LogP contribution in [0.1, 0.15) is 31.2 Å². The van der Waals surface area contributed by atoms with E-state index in [1.165, 1.54) is 0 Å². The molecule has 1 aliphatic carbocycles. The first-order chi connectivity index (χ1) is 8.76. The molecule has 0 aliphatic heterocycles. The first-order valence-electron chi connectivity index (χ1n) is 6.45. The third-order valence-electron chi connectivity index (χ3n) is 3.45. The number of nitrogens with one attached hydrogen (secondary N) is 1. The summed E-state index contributed by atoms with van der Waals surface area (Å²) >= 11 is 0. The molecule has 0 aromatic carbocycles. The number of hydrogen-bond acceptors (Lipinski definition) is 3. The smallest absolute Gasteiger partial charge is 0.224 e. The Bertz CT molecular complexity index is 394. The number of pyridine rings is 1. The molecular formula is C14H20N2O2. The third kappa shape index (κ3) is 3.07. The van der Waals surface area contributed by atoms with Crippen LogP contribution in [-0.2, 0) is 9.53 Å². The van der Waals surface area contributed by atoms with Crippen LogP contribution in [-0.4, -0.2) is 30.6 Å². The molecule has 0 bridgehead atoms. The van der Waals surface area contributed by atoms with Gasteiger partial charge in [0.25, 0.3) is 0 Å². The van der Waals surface area contributed by atoms with Crippen LogP contribution in [0.2, 0.25) is 0 Å². The van der Waals surface area contributed by atoms with Gasteiger partial charge >= 0.3 is 0 Å². The van der Waals surface area contributed by atoms with Crippen molar-refractivity contribution in [2.75, 3.05) is 13.7 Å². The standard InChI is InChI=1S/C14H20N2O2/c1-3-11(9-18-2)16-14(17)13-7-12(13)10-5-4-6-15-8-10/h4-6,8,11-13H,3,7,9H2,1-2H3,(H,16,17). The lowest BCUT2D eigenvalue weighted by molar-refractivity contribution is -0.123. The Labute approximate surface area is 108 Å². The van der Waals surface area contributed by atoms with Crippen LogP contribution in [0.25, 0.3) is 0 Å². The Balaban J connectivity index is 1.86. The van der Waals surface area contributed by atoms with Crippen molar-refractivity contribution >= 4 is 5.91 Å². The second kappa shape index (κ2) is 5.96. The molecule has 4 nitrogen and oxygen atoms in total. The van der Waals surface area contributed by atoms with Gasteiger partial charge in [-0.25, -0.2) is 0 Å². The quantitative estimate of drug-likeness (QED) is 0.834. The molecule has 1 aromatic rings. The van der Waals surface area contributed by atoms with E-state index in [4.69, 9.17) is 4.74 Å². The van der Waals surface area contributed by atoms with Crippen LogP contribution in [0.4, 0.5) is 0 Å². The van der Waals surface area contributed by atoms with Crippen LogP contribution in [0.15, 0.2) is 24.5 Å². The molecule has 1 aliphatic rings. The molecule has 1 fully saturated rings. The van der Waals surface area contributed by atoms with Gasteiger partial charge in [0.15, 0.2) is 0 Å². The lowest BCUT2D eigenvalue weighted by Crippen LogP contribution is -2.38. The van der Waals surface area contributed by atoms with Crippen molar-refractivity contribution in [3.8, 4) is 0 Å². The summed E-state index contributed by atoms with van der Waals surface area (Å²) in [6, 6.07) is 4.08. The van der Waals surface area contributed by atoms with E-state index in [1.807, 2.05) is 18.3 Å². The fraction of sp³-hybridized carbons (Fsp3) is 0.571. The van der Waals surface area contributed by atoms with Gasteiger partial charge in [-0.05, 0) is 30.4 Å². The van der Waals surface area contributed by atoms with E-state index in [0.717, 1.165) is 18.4 Å². The summed E-state index contributed by atoms with van der Waals surface area (Å²) in [4.78, 5) is 16.1. The number of carbonyl (C=O) groups is 1. The molecule has 1 N–H and O–H groups in total. The maximum atomic E-state index is 12.0. The minimum Gasteiger partial charge on any atom is -0.383 e. The highest BCUT2D eigenvalue weighted by Gasteiger charge is 2.44. The van der Waals surface area contributed by atoms with Gasteiger partial charge in [0, 0.05) is 25.4 Å². The Kier molecular flexibility index (Phi) is 4.31. The molecular weight excluding hydrogens is 228 g/mol. The van der Waals surface area contributed by atoms with Crippen LogP contribution in [0, 0.1) is 5.92 Å². The summed E-state index contributed by atoms with van der Waals surface area (Å²) in [5.74, 6) is 0.603. The van der Waals surface area contributed by atoms with Gasteiger partial charge in [0.2, 0.25) is 5.91 Å².